The zero-order valence-electron chi connectivity index (χ0n) is 9.39. The average Bonchev–Trinajstić information content (AvgIpc) is 2.30. The van der Waals surface area contributed by atoms with E-state index in [0.717, 1.165) is 17.9 Å². The van der Waals surface area contributed by atoms with Gasteiger partial charge in [0.2, 0.25) is 0 Å². The molecule has 2 fully saturated rings. The molecule has 0 bridgehead atoms. The first-order chi connectivity index (χ1) is 6.87. The number of urea groups is 1. The van der Waals surface area contributed by atoms with Gasteiger partial charge in [0, 0.05) is 12.8 Å². The number of hydrogen-bond acceptors (Lipinski definition) is 3. The molecule has 0 radical (unpaired) electrons. The first kappa shape index (κ1) is 10.8. The normalized spacial score (nSPS) is 34.7. The third-order valence-corrected chi connectivity index (χ3v) is 4.92. The van der Waals surface area contributed by atoms with E-state index in [0.29, 0.717) is 5.84 Å². The molecule has 2 saturated heterocycles. The number of nitrogens with one attached hydrogen (secondary N) is 2. The van der Waals surface area contributed by atoms with Crippen LogP contribution in [0.25, 0.3) is 0 Å². The lowest BCUT2D eigenvalue weighted by atomic mass is 9.79. The Morgan fingerprint density at radius 1 is 1.47 bits per heavy atom. The van der Waals surface area contributed by atoms with Gasteiger partial charge in [-0.05, 0) is 17.6 Å². The van der Waals surface area contributed by atoms with Gasteiger partial charge in [0.25, 0.3) is 0 Å². The largest absolute Gasteiger partial charge is 0.323 e. The van der Waals surface area contributed by atoms with Gasteiger partial charge < -0.3 is 4.90 Å². The number of hydrogen-bond donors (Lipinski definition) is 2. The Morgan fingerprint density at radius 2 is 2.13 bits per heavy atom. The van der Waals surface area contributed by atoms with Crippen LogP contribution in [0.4, 0.5) is 4.79 Å². The van der Waals surface area contributed by atoms with Gasteiger partial charge >= 0.3 is 6.03 Å². The standard InChI is InChI=1S/C10H17N3OS/c1-9(2)4-10(6-15-5-9)7(11)12-8(14)13(10)3/h4-6H2,1-3H3,(H2,11,12,14). The summed E-state index contributed by atoms with van der Waals surface area (Å²) < 4.78 is 0. The van der Waals surface area contributed by atoms with Gasteiger partial charge in [-0.25, -0.2) is 4.79 Å². The maximum atomic E-state index is 11.5. The number of nitrogens with zero attached hydrogens (tertiary/aromatic N) is 1. The van der Waals surface area contributed by atoms with Gasteiger partial charge in [0.1, 0.15) is 11.4 Å². The van der Waals surface area contributed by atoms with E-state index in [9.17, 15) is 4.79 Å². The highest BCUT2D eigenvalue weighted by Crippen LogP contribution is 2.43. The van der Waals surface area contributed by atoms with Crippen molar-refractivity contribution in [3.8, 4) is 0 Å². The van der Waals surface area contributed by atoms with E-state index in [2.05, 4.69) is 19.2 Å². The van der Waals surface area contributed by atoms with Crippen molar-refractivity contribution in [2.24, 2.45) is 5.41 Å². The van der Waals surface area contributed by atoms with Crippen molar-refractivity contribution in [1.29, 1.82) is 5.41 Å². The van der Waals surface area contributed by atoms with Crippen molar-refractivity contribution >= 4 is 23.6 Å². The average molecular weight is 227 g/mol. The van der Waals surface area contributed by atoms with Crippen molar-refractivity contribution in [2.75, 3.05) is 18.6 Å². The Balaban J connectivity index is 2.33. The molecular formula is C10H17N3OS. The second-order valence-corrected chi connectivity index (χ2v) is 6.22. The second kappa shape index (κ2) is 3.14. The Labute approximate surface area is 94.3 Å². The summed E-state index contributed by atoms with van der Waals surface area (Å²) in [5.41, 5.74) is -0.195. The molecule has 5 heteroatoms. The van der Waals surface area contributed by atoms with E-state index in [1.54, 1.807) is 11.9 Å². The number of rotatable bonds is 0. The maximum Gasteiger partial charge on any atom is 0.323 e. The van der Waals surface area contributed by atoms with Gasteiger partial charge in [0.15, 0.2) is 0 Å². The van der Waals surface area contributed by atoms with Crippen molar-refractivity contribution < 1.29 is 4.79 Å². The SMILES string of the molecule is CN1C(=O)NC(=N)C12CSCC(C)(C)C2. The minimum absolute atomic E-state index is 0.140. The van der Waals surface area contributed by atoms with Crippen LogP contribution < -0.4 is 5.32 Å². The van der Waals surface area contributed by atoms with E-state index in [1.807, 2.05) is 11.8 Å². The first-order valence-corrected chi connectivity index (χ1v) is 6.24. The molecule has 0 aromatic rings. The Hall–Kier alpha value is -0.710. The summed E-state index contributed by atoms with van der Waals surface area (Å²) >= 11 is 1.83. The topological polar surface area (TPSA) is 56.2 Å². The Bertz CT molecular complexity index is 329. The molecule has 1 unspecified atom stereocenters. The quantitative estimate of drug-likeness (QED) is 0.659. The van der Waals surface area contributed by atoms with Crippen molar-refractivity contribution in [2.45, 2.75) is 25.8 Å². The van der Waals surface area contributed by atoms with Crippen LogP contribution in [0.3, 0.4) is 0 Å². The molecular weight excluding hydrogens is 210 g/mol. The van der Waals surface area contributed by atoms with Gasteiger partial charge in [-0.1, -0.05) is 13.8 Å². The first-order valence-electron chi connectivity index (χ1n) is 5.09. The lowest BCUT2D eigenvalue weighted by molar-refractivity contribution is 0.169. The van der Waals surface area contributed by atoms with Gasteiger partial charge in [-0.3, -0.25) is 10.7 Å². The number of amides is 2. The van der Waals surface area contributed by atoms with E-state index in [4.69, 9.17) is 5.41 Å². The van der Waals surface area contributed by atoms with Crippen molar-refractivity contribution in [3.63, 3.8) is 0 Å². The molecule has 1 spiro atoms. The number of thioether (sulfide) groups is 1. The molecule has 0 aromatic heterocycles. The third-order valence-electron chi connectivity index (χ3n) is 3.25. The fraction of sp³-hybridized carbons (Fsp3) is 0.800. The van der Waals surface area contributed by atoms with Crippen LogP contribution in [0.1, 0.15) is 20.3 Å². The predicted molar refractivity (Wildman–Crippen MR) is 62.5 cm³/mol. The summed E-state index contributed by atoms with van der Waals surface area (Å²) in [6.45, 7) is 4.40. The molecule has 15 heavy (non-hydrogen) atoms. The van der Waals surface area contributed by atoms with E-state index >= 15 is 0 Å². The second-order valence-electron chi connectivity index (χ2n) is 5.23. The summed E-state index contributed by atoms with van der Waals surface area (Å²) in [5.74, 6) is 2.31. The summed E-state index contributed by atoms with van der Waals surface area (Å²) in [6.07, 6.45) is 0.876. The van der Waals surface area contributed by atoms with Crippen LogP contribution in [-0.4, -0.2) is 40.9 Å². The molecule has 2 N–H and O–H groups in total. The molecule has 4 nitrogen and oxygen atoms in total. The number of likely N-dealkylation sites (N-methyl/N-ethyl adjacent to an activating group) is 1. The molecule has 2 rings (SSSR count). The highest BCUT2D eigenvalue weighted by Gasteiger charge is 2.52. The Kier molecular flexibility index (Phi) is 2.26. The molecule has 2 heterocycles. The minimum atomic E-state index is -0.385. The van der Waals surface area contributed by atoms with Crippen LogP contribution >= 0.6 is 11.8 Å². The van der Waals surface area contributed by atoms with E-state index in [1.165, 1.54) is 0 Å². The zero-order valence-corrected chi connectivity index (χ0v) is 10.2. The summed E-state index contributed by atoms with van der Waals surface area (Å²) in [7, 11) is 1.79. The van der Waals surface area contributed by atoms with Crippen LogP contribution in [-0.2, 0) is 0 Å². The molecule has 2 aliphatic heterocycles. The van der Waals surface area contributed by atoms with Crippen molar-refractivity contribution in [3.05, 3.63) is 0 Å². The number of carbonyl (C=O) groups excluding carboxylic acids is 1. The molecule has 84 valence electrons. The molecule has 0 saturated carbocycles. The maximum absolute atomic E-state index is 11.5. The lowest BCUT2D eigenvalue weighted by Crippen LogP contribution is -2.55. The molecule has 2 aliphatic rings. The van der Waals surface area contributed by atoms with Crippen LogP contribution in [0.2, 0.25) is 0 Å². The monoisotopic (exact) mass is 227 g/mol. The highest BCUT2D eigenvalue weighted by molar-refractivity contribution is 7.99. The summed E-state index contributed by atoms with van der Waals surface area (Å²) in [4.78, 5) is 13.2. The van der Waals surface area contributed by atoms with Crippen LogP contribution in [0, 0.1) is 10.8 Å². The number of carbonyl (C=O) groups is 1. The van der Waals surface area contributed by atoms with Crippen LogP contribution in [0.15, 0.2) is 0 Å². The van der Waals surface area contributed by atoms with Crippen molar-refractivity contribution in [1.82, 2.24) is 10.2 Å². The van der Waals surface area contributed by atoms with Gasteiger partial charge in [0.05, 0.1) is 0 Å². The fourth-order valence-corrected chi connectivity index (χ4v) is 3.97. The van der Waals surface area contributed by atoms with Gasteiger partial charge in [-0.2, -0.15) is 11.8 Å². The molecule has 2 amide bonds. The predicted octanol–water partition coefficient (Wildman–Crippen LogP) is 1.52. The van der Waals surface area contributed by atoms with Gasteiger partial charge in [-0.15, -0.1) is 0 Å². The highest BCUT2D eigenvalue weighted by atomic mass is 32.2. The van der Waals surface area contributed by atoms with Crippen LogP contribution in [0.5, 0.6) is 0 Å². The lowest BCUT2D eigenvalue weighted by Gasteiger charge is -2.44. The Morgan fingerprint density at radius 3 is 2.60 bits per heavy atom. The third kappa shape index (κ3) is 1.53. The zero-order chi connectivity index (χ0) is 11.3. The molecule has 0 aromatic carbocycles. The minimum Gasteiger partial charge on any atom is -0.314 e. The summed E-state index contributed by atoms with van der Waals surface area (Å²) in [5, 5.41) is 10.6. The summed E-state index contributed by atoms with van der Waals surface area (Å²) in [6, 6.07) is -0.140. The smallest absolute Gasteiger partial charge is 0.314 e. The fourth-order valence-electron chi connectivity index (χ4n) is 2.44. The van der Waals surface area contributed by atoms with E-state index < -0.39 is 0 Å². The molecule has 0 aliphatic carbocycles. The number of amidine groups is 1. The molecule has 1 atom stereocenters. The van der Waals surface area contributed by atoms with E-state index in [-0.39, 0.29) is 17.0 Å².